The molecule has 1 atom stereocenters. The zero-order valence-electron chi connectivity index (χ0n) is 11.0. The number of rotatable bonds is 0. The van der Waals surface area contributed by atoms with E-state index in [4.69, 9.17) is 10.6 Å². The van der Waals surface area contributed by atoms with Gasteiger partial charge in [0.25, 0.3) is 0 Å². The lowest BCUT2D eigenvalue weighted by Crippen LogP contribution is -2.42. The molecule has 0 saturated heterocycles. The van der Waals surface area contributed by atoms with Crippen LogP contribution in [-0.2, 0) is 11.3 Å². The maximum Gasteiger partial charge on any atom is 0.410 e. The predicted octanol–water partition coefficient (Wildman–Crippen LogP) is 0.408. The fraction of sp³-hybridized carbons (Fsp3) is 0.636. The summed E-state index contributed by atoms with van der Waals surface area (Å²) in [5.74, 6) is 5.60. The third-order valence-corrected chi connectivity index (χ3v) is 3.76. The van der Waals surface area contributed by atoms with E-state index in [9.17, 15) is 14.7 Å². The number of hydrogen-bond donors (Lipinski definition) is 2. The van der Waals surface area contributed by atoms with Gasteiger partial charge >= 0.3 is 11.0 Å². The molecule has 0 bridgehead atoms. The van der Waals surface area contributed by atoms with E-state index >= 15 is 0 Å². The van der Waals surface area contributed by atoms with Gasteiger partial charge in [-0.15, -0.1) is 0 Å². The lowest BCUT2D eigenvalue weighted by atomic mass is 10.1. The molecule has 1 aromatic rings. The highest BCUT2D eigenvalue weighted by Gasteiger charge is 2.33. The fourth-order valence-corrected chi connectivity index (χ4v) is 2.74. The zero-order valence-corrected chi connectivity index (χ0v) is 11.9. The SMILES string of the molecule is CC(C)(C)OC(=O)N1Cc2c(sc(=O)n2N)C(O)C1. The normalized spacial score (nSPS) is 19.2. The number of nitrogens with zero attached hydrogens (tertiary/aromatic N) is 2. The van der Waals surface area contributed by atoms with Crippen molar-refractivity contribution in [2.24, 2.45) is 0 Å². The van der Waals surface area contributed by atoms with Gasteiger partial charge in [0.1, 0.15) is 11.7 Å². The van der Waals surface area contributed by atoms with Crippen molar-refractivity contribution < 1.29 is 14.6 Å². The fourth-order valence-electron chi connectivity index (χ4n) is 1.85. The van der Waals surface area contributed by atoms with Crippen molar-refractivity contribution in [1.29, 1.82) is 0 Å². The Bertz CT molecular complexity index is 557. The van der Waals surface area contributed by atoms with Crippen molar-refractivity contribution in [3.63, 3.8) is 0 Å². The first kappa shape index (κ1) is 13.9. The van der Waals surface area contributed by atoms with Crippen molar-refractivity contribution >= 4 is 17.4 Å². The summed E-state index contributed by atoms with van der Waals surface area (Å²) in [5, 5.41) is 9.97. The quantitative estimate of drug-likeness (QED) is 0.673. The van der Waals surface area contributed by atoms with Crippen LogP contribution in [0.3, 0.4) is 0 Å². The monoisotopic (exact) mass is 287 g/mol. The van der Waals surface area contributed by atoms with E-state index in [1.165, 1.54) is 4.90 Å². The summed E-state index contributed by atoms with van der Waals surface area (Å²) in [7, 11) is 0. The predicted molar refractivity (Wildman–Crippen MR) is 70.3 cm³/mol. The van der Waals surface area contributed by atoms with Crippen LogP contribution in [0.25, 0.3) is 0 Å². The number of nitrogen functional groups attached to an aromatic ring is 1. The Kier molecular flexibility index (Phi) is 3.31. The minimum Gasteiger partial charge on any atom is -0.444 e. The van der Waals surface area contributed by atoms with E-state index in [1.807, 2.05) is 0 Å². The molecular formula is C11H17N3O4S. The second-order valence-corrected chi connectivity index (χ2v) is 6.42. The molecule has 1 aliphatic rings. The Balaban J connectivity index is 2.23. The average molecular weight is 287 g/mol. The van der Waals surface area contributed by atoms with Gasteiger partial charge in [0.15, 0.2) is 0 Å². The minimum absolute atomic E-state index is 0.0991. The summed E-state index contributed by atoms with van der Waals surface area (Å²) in [6.07, 6.45) is -1.44. The van der Waals surface area contributed by atoms with Crippen LogP contribution >= 0.6 is 11.3 Å². The smallest absolute Gasteiger partial charge is 0.410 e. The van der Waals surface area contributed by atoms with Gasteiger partial charge < -0.3 is 15.7 Å². The highest BCUT2D eigenvalue weighted by Crippen LogP contribution is 2.28. The van der Waals surface area contributed by atoms with Crippen LogP contribution in [0.1, 0.15) is 37.4 Å². The molecule has 7 nitrogen and oxygen atoms in total. The van der Waals surface area contributed by atoms with Crippen molar-refractivity contribution in [3.8, 4) is 0 Å². The average Bonchev–Trinajstić information content (AvgIpc) is 2.54. The number of aliphatic hydroxyl groups is 1. The molecule has 1 aromatic heterocycles. The van der Waals surface area contributed by atoms with E-state index in [2.05, 4.69) is 0 Å². The van der Waals surface area contributed by atoms with Gasteiger partial charge in [-0.1, -0.05) is 11.3 Å². The molecule has 0 aliphatic carbocycles. The summed E-state index contributed by atoms with van der Waals surface area (Å²) >= 11 is 0.905. The highest BCUT2D eigenvalue weighted by atomic mass is 32.1. The molecule has 2 rings (SSSR count). The number of aliphatic hydroxyl groups excluding tert-OH is 1. The first-order valence-electron chi connectivity index (χ1n) is 5.84. The molecule has 3 N–H and O–H groups in total. The number of ether oxygens (including phenoxy) is 1. The van der Waals surface area contributed by atoms with Crippen molar-refractivity contribution in [2.75, 3.05) is 12.4 Å². The Morgan fingerprint density at radius 1 is 1.53 bits per heavy atom. The number of carbonyl (C=O) groups is 1. The standard InChI is InChI=1S/C11H17N3O4S/c1-11(2,3)18-9(16)13-4-6-8(7(15)5-13)19-10(17)14(6)12/h7,15H,4-5,12H2,1-3H3. The van der Waals surface area contributed by atoms with Gasteiger partial charge in [-0.25, -0.2) is 9.47 Å². The van der Waals surface area contributed by atoms with Gasteiger partial charge in [0.05, 0.1) is 23.7 Å². The highest BCUT2D eigenvalue weighted by molar-refractivity contribution is 7.09. The number of hydrogen-bond acceptors (Lipinski definition) is 6. The van der Waals surface area contributed by atoms with E-state index in [0.29, 0.717) is 10.6 Å². The molecule has 0 fully saturated rings. The van der Waals surface area contributed by atoms with Crippen LogP contribution in [0.15, 0.2) is 4.79 Å². The maximum absolute atomic E-state index is 12.0. The first-order chi connectivity index (χ1) is 8.69. The molecule has 0 spiro atoms. The van der Waals surface area contributed by atoms with Crippen LogP contribution in [0.4, 0.5) is 4.79 Å². The number of thiazole rings is 1. The summed E-state index contributed by atoms with van der Waals surface area (Å²) < 4.78 is 6.21. The van der Waals surface area contributed by atoms with Crippen LogP contribution in [0.5, 0.6) is 0 Å². The number of nitrogens with two attached hydrogens (primary N) is 1. The lowest BCUT2D eigenvalue weighted by Gasteiger charge is -2.32. The van der Waals surface area contributed by atoms with E-state index in [-0.39, 0.29) is 18.0 Å². The van der Waals surface area contributed by atoms with Gasteiger partial charge in [-0.05, 0) is 20.8 Å². The first-order valence-corrected chi connectivity index (χ1v) is 6.66. The minimum atomic E-state index is -0.904. The topological polar surface area (TPSA) is 97.8 Å². The number of aromatic nitrogens is 1. The molecule has 8 heteroatoms. The number of fused-ring (bicyclic) bond motifs is 1. The molecule has 1 aliphatic heterocycles. The molecule has 0 saturated carbocycles. The zero-order chi connectivity index (χ0) is 14.4. The third kappa shape index (κ3) is 2.74. The van der Waals surface area contributed by atoms with Crippen molar-refractivity contribution in [3.05, 3.63) is 20.2 Å². The largest absolute Gasteiger partial charge is 0.444 e. The summed E-state index contributed by atoms with van der Waals surface area (Å²) in [6.45, 7) is 5.55. The van der Waals surface area contributed by atoms with Gasteiger partial charge in [0, 0.05) is 0 Å². The van der Waals surface area contributed by atoms with Gasteiger partial charge in [-0.2, -0.15) is 0 Å². The Labute approximate surface area is 114 Å². The summed E-state index contributed by atoms with van der Waals surface area (Å²) in [5.41, 5.74) is -0.154. The van der Waals surface area contributed by atoms with Crippen molar-refractivity contribution in [1.82, 2.24) is 9.58 Å². The van der Waals surface area contributed by atoms with Crippen LogP contribution in [0.2, 0.25) is 0 Å². The molecule has 1 unspecified atom stereocenters. The second kappa shape index (κ2) is 4.53. The summed E-state index contributed by atoms with van der Waals surface area (Å²) in [6, 6.07) is 0. The van der Waals surface area contributed by atoms with Crippen LogP contribution in [-0.4, -0.2) is 32.9 Å². The Morgan fingerprint density at radius 3 is 2.74 bits per heavy atom. The molecule has 0 radical (unpaired) electrons. The molecule has 0 aromatic carbocycles. The van der Waals surface area contributed by atoms with Crippen LogP contribution < -0.4 is 10.7 Å². The molecule has 19 heavy (non-hydrogen) atoms. The number of amides is 1. The molecule has 2 heterocycles. The van der Waals surface area contributed by atoms with E-state index in [0.717, 1.165) is 16.0 Å². The maximum atomic E-state index is 12.0. The Hall–Kier alpha value is -1.54. The molecule has 106 valence electrons. The van der Waals surface area contributed by atoms with Gasteiger partial charge in [-0.3, -0.25) is 9.69 Å². The van der Waals surface area contributed by atoms with Crippen LogP contribution in [0, 0.1) is 0 Å². The second-order valence-electron chi connectivity index (χ2n) is 5.43. The van der Waals surface area contributed by atoms with Gasteiger partial charge in [0.2, 0.25) is 0 Å². The van der Waals surface area contributed by atoms with Crippen molar-refractivity contribution in [2.45, 2.75) is 39.0 Å². The summed E-state index contributed by atoms with van der Waals surface area (Å²) in [4.78, 5) is 24.9. The number of β-amino-alcohol motifs (C(OH)–C–C–N with tert-alkyl or cyclic N) is 1. The number of carbonyl (C=O) groups excluding carboxylic acids is 1. The van der Waals surface area contributed by atoms with E-state index < -0.39 is 17.8 Å². The molecule has 1 amide bonds. The lowest BCUT2D eigenvalue weighted by molar-refractivity contribution is 0.00814. The third-order valence-electron chi connectivity index (χ3n) is 2.66. The molecular weight excluding hydrogens is 270 g/mol. The Morgan fingerprint density at radius 2 is 2.16 bits per heavy atom. The van der Waals surface area contributed by atoms with E-state index in [1.54, 1.807) is 20.8 Å².